The van der Waals surface area contributed by atoms with Crippen molar-refractivity contribution in [2.24, 2.45) is 0 Å². The van der Waals surface area contributed by atoms with Gasteiger partial charge in [0.25, 0.3) is 10.0 Å². The number of nitrogens with one attached hydrogen (secondary N) is 1. The van der Waals surface area contributed by atoms with Crippen molar-refractivity contribution >= 4 is 50.7 Å². The van der Waals surface area contributed by atoms with Crippen molar-refractivity contribution in [2.75, 3.05) is 10.8 Å². The van der Waals surface area contributed by atoms with Crippen LogP contribution in [-0.4, -0.2) is 43.8 Å². The summed E-state index contributed by atoms with van der Waals surface area (Å²) in [5, 5.41) is 3.79. The van der Waals surface area contributed by atoms with Crippen LogP contribution in [-0.2, 0) is 39.0 Å². The summed E-state index contributed by atoms with van der Waals surface area (Å²) < 4.78 is 29.3. The third-order valence-electron chi connectivity index (χ3n) is 7.87. The molecule has 0 spiro atoms. The molecule has 0 saturated carbocycles. The van der Waals surface area contributed by atoms with E-state index in [2.05, 4.69) is 5.32 Å². The number of amides is 2. The van der Waals surface area contributed by atoms with Crippen molar-refractivity contribution in [3.63, 3.8) is 0 Å². The average Bonchev–Trinajstić information content (AvgIpc) is 3.06. The molecule has 7 nitrogen and oxygen atoms in total. The molecule has 1 N–H and O–H groups in total. The van der Waals surface area contributed by atoms with Gasteiger partial charge in [0, 0.05) is 29.1 Å². The maximum Gasteiger partial charge on any atom is 0.264 e. The van der Waals surface area contributed by atoms with Crippen molar-refractivity contribution in [2.45, 2.75) is 63.6 Å². The van der Waals surface area contributed by atoms with Gasteiger partial charge in [-0.2, -0.15) is 0 Å². The Kier molecular flexibility index (Phi) is 12.3. The molecule has 0 aliphatic carbocycles. The zero-order valence-corrected chi connectivity index (χ0v) is 28.5. The highest BCUT2D eigenvalue weighted by Crippen LogP contribution is 2.27. The van der Waals surface area contributed by atoms with Gasteiger partial charge in [0.05, 0.1) is 10.6 Å². The predicted molar refractivity (Wildman–Crippen MR) is 186 cm³/mol. The van der Waals surface area contributed by atoms with Crippen LogP contribution in [0.15, 0.2) is 108 Å². The molecule has 2 atom stereocenters. The lowest BCUT2D eigenvalue weighted by Gasteiger charge is -2.34. The summed E-state index contributed by atoms with van der Waals surface area (Å²) in [4.78, 5) is 30.0. The molecule has 4 aromatic carbocycles. The smallest absolute Gasteiger partial charge is 0.264 e. The van der Waals surface area contributed by atoms with Gasteiger partial charge in [-0.15, -0.1) is 0 Å². The molecule has 4 aromatic rings. The van der Waals surface area contributed by atoms with Gasteiger partial charge in [0.2, 0.25) is 11.8 Å². The number of carbonyl (C=O) groups is 2. The van der Waals surface area contributed by atoms with Gasteiger partial charge in [-0.1, -0.05) is 104 Å². The summed E-state index contributed by atoms with van der Waals surface area (Å²) in [6, 6.07) is 28.3. The van der Waals surface area contributed by atoms with Gasteiger partial charge < -0.3 is 10.2 Å². The maximum atomic E-state index is 14.6. The van der Waals surface area contributed by atoms with Gasteiger partial charge in [-0.25, -0.2) is 8.42 Å². The minimum atomic E-state index is -4.17. The minimum Gasteiger partial charge on any atom is -0.352 e. The molecular formula is C36H39Cl2N3O4S. The maximum absolute atomic E-state index is 14.6. The average molecular weight is 681 g/mol. The Morgan fingerprint density at radius 3 is 2.04 bits per heavy atom. The lowest BCUT2D eigenvalue weighted by Crippen LogP contribution is -2.54. The zero-order valence-electron chi connectivity index (χ0n) is 26.2. The SMILES string of the molecule is CCc1ccc(N(CC(=O)N(Cc2ccc(Cl)cc2Cl)[C@H](Cc2ccccc2)C(=O)N[C@@H](C)CC)S(=O)(=O)c2ccccc2)cc1. The highest BCUT2D eigenvalue weighted by Gasteiger charge is 2.35. The Bertz CT molecular complexity index is 1720. The molecule has 0 aliphatic heterocycles. The fourth-order valence-electron chi connectivity index (χ4n) is 4.97. The third-order valence-corrected chi connectivity index (χ3v) is 10.2. The first kappa shape index (κ1) is 35.0. The van der Waals surface area contributed by atoms with E-state index < -0.39 is 28.5 Å². The second-order valence-corrected chi connectivity index (χ2v) is 13.8. The predicted octanol–water partition coefficient (Wildman–Crippen LogP) is 7.31. The van der Waals surface area contributed by atoms with Gasteiger partial charge in [0.15, 0.2) is 0 Å². The molecule has 10 heteroatoms. The van der Waals surface area contributed by atoms with Crippen molar-refractivity contribution in [1.82, 2.24) is 10.2 Å². The van der Waals surface area contributed by atoms with Crippen LogP contribution in [0.25, 0.3) is 0 Å². The lowest BCUT2D eigenvalue weighted by atomic mass is 10.0. The molecular weight excluding hydrogens is 641 g/mol. The first-order valence-electron chi connectivity index (χ1n) is 15.3. The van der Waals surface area contributed by atoms with E-state index in [1.165, 1.54) is 17.0 Å². The van der Waals surface area contributed by atoms with Crippen molar-refractivity contribution in [3.05, 3.63) is 130 Å². The number of halogens is 2. The van der Waals surface area contributed by atoms with E-state index in [4.69, 9.17) is 23.2 Å². The van der Waals surface area contributed by atoms with Crippen molar-refractivity contribution in [3.8, 4) is 0 Å². The second-order valence-electron chi connectivity index (χ2n) is 11.1. The summed E-state index contributed by atoms with van der Waals surface area (Å²) in [5.74, 6) is -0.910. The molecule has 242 valence electrons. The number of hydrogen-bond acceptors (Lipinski definition) is 4. The quantitative estimate of drug-likeness (QED) is 0.151. The molecule has 46 heavy (non-hydrogen) atoms. The normalized spacial score (nSPS) is 12.6. The van der Waals surface area contributed by atoms with E-state index in [-0.39, 0.29) is 29.8 Å². The van der Waals surface area contributed by atoms with Crippen LogP contribution in [0, 0.1) is 0 Å². The van der Waals surface area contributed by atoms with Crippen molar-refractivity contribution in [1.29, 1.82) is 0 Å². The first-order valence-corrected chi connectivity index (χ1v) is 17.5. The number of sulfonamides is 1. The number of nitrogens with zero attached hydrogens (tertiary/aromatic N) is 2. The number of rotatable bonds is 14. The van der Waals surface area contributed by atoms with Crippen LogP contribution in [0.2, 0.25) is 10.0 Å². The minimum absolute atomic E-state index is 0.0463. The number of aryl methyl sites for hydroxylation is 1. The van der Waals surface area contributed by atoms with Crippen LogP contribution < -0.4 is 9.62 Å². The standard InChI is InChI=1S/C36H39Cl2N3O4S/c1-4-26(3)39-36(43)34(22-28-12-8-6-9-13-28)40(24-29-18-19-30(37)23-33(29)38)35(42)25-41(31-20-16-27(5-2)17-21-31)46(44,45)32-14-10-7-11-15-32/h6-21,23,26,34H,4-5,22,24-25H2,1-3H3,(H,39,43)/t26-,34+/m0/s1. The molecule has 0 unspecified atom stereocenters. The third kappa shape index (κ3) is 8.90. The molecule has 0 radical (unpaired) electrons. The molecule has 0 aliphatic rings. The van der Waals surface area contributed by atoms with Crippen LogP contribution in [0.3, 0.4) is 0 Å². The van der Waals surface area contributed by atoms with Gasteiger partial charge in [0.1, 0.15) is 12.6 Å². The number of anilines is 1. The van der Waals surface area contributed by atoms with Crippen molar-refractivity contribution < 1.29 is 18.0 Å². The van der Waals surface area contributed by atoms with E-state index in [0.717, 1.165) is 21.9 Å². The van der Waals surface area contributed by atoms with Gasteiger partial charge in [-0.3, -0.25) is 13.9 Å². The lowest BCUT2D eigenvalue weighted by molar-refractivity contribution is -0.140. The monoisotopic (exact) mass is 679 g/mol. The first-order chi connectivity index (χ1) is 22.0. The van der Waals surface area contributed by atoms with Crippen LogP contribution >= 0.6 is 23.2 Å². The molecule has 0 saturated heterocycles. The molecule has 0 fully saturated rings. The molecule has 0 heterocycles. The van der Waals surface area contributed by atoms with E-state index in [1.54, 1.807) is 48.5 Å². The van der Waals surface area contributed by atoms with E-state index in [9.17, 15) is 18.0 Å². The number of hydrogen-bond donors (Lipinski definition) is 1. The Morgan fingerprint density at radius 1 is 0.826 bits per heavy atom. The van der Waals surface area contributed by atoms with Gasteiger partial charge >= 0.3 is 0 Å². The Balaban J connectivity index is 1.82. The van der Waals surface area contributed by atoms with E-state index in [0.29, 0.717) is 27.7 Å². The highest BCUT2D eigenvalue weighted by atomic mass is 35.5. The van der Waals surface area contributed by atoms with E-state index in [1.807, 2.05) is 63.2 Å². The summed E-state index contributed by atoms with van der Waals surface area (Å²) in [6.07, 6.45) is 1.67. The zero-order chi connectivity index (χ0) is 33.3. The Morgan fingerprint density at radius 2 is 1.46 bits per heavy atom. The summed E-state index contributed by atoms with van der Waals surface area (Å²) >= 11 is 12.8. The van der Waals surface area contributed by atoms with E-state index >= 15 is 0 Å². The summed E-state index contributed by atoms with van der Waals surface area (Å²) in [5.41, 5.74) is 2.77. The van der Waals surface area contributed by atoms with Crippen LogP contribution in [0.1, 0.15) is 43.9 Å². The second kappa shape index (κ2) is 16.1. The largest absolute Gasteiger partial charge is 0.352 e. The summed E-state index contributed by atoms with van der Waals surface area (Å²) in [7, 11) is -4.17. The Hall–Kier alpha value is -3.85. The number of benzene rings is 4. The topological polar surface area (TPSA) is 86.8 Å². The molecule has 4 rings (SSSR count). The summed E-state index contributed by atoms with van der Waals surface area (Å²) in [6.45, 7) is 5.27. The number of carbonyl (C=O) groups excluding carboxylic acids is 2. The molecule has 0 aromatic heterocycles. The van der Waals surface area contributed by atoms with Crippen LogP contribution in [0.4, 0.5) is 5.69 Å². The molecule has 2 amide bonds. The van der Waals surface area contributed by atoms with Gasteiger partial charge in [-0.05, 0) is 72.9 Å². The Labute approximate surface area is 282 Å². The fourth-order valence-corrected chi connectivity index (χ4v) is 6.88. The van der Waals surface area contributed by atoms with Crippen LogP contribution in [0.5, 0.6) is 0 Å². The molecule has 0 bridgehead atoms. The highest BCUT2D eigenvalue weighted by molar-refractivity contribution is 7.92. The fraction of sp³-hybridized carbons (Fsp3) is 0.278.